The summed E-state index contributed by atoms with van der Waals surface area (Å²) in [6.45, 7) is 6.61. The molecule has 0 bridgehead atoms. The number of methoxy groups -OCH3 is 1. The summed E-state index contributed by atoms with van der Waals surface area (Å²) in [5, 5.41) is 31.9. The highest BCUT2D eigenvalue weighted by molar-refractivity contribution is 5.68. The zero-order valence-corrected chi connectivity index (χ0v) is 17.5. The maximum absolute atomic E-state index is 13.5. The van der Waals surface area contributed by atoms with Crippen molar-refractivity contribution >= 4 is 11.6 Å². The lowest BCUT2D eigenvalue weighted by molar-refractivity contribution is -0.129. The van der Waals surface area contributed by atoms with Gasteiger partial charge in [-0.05, 0) is 51.5 Å². The molecule has 30 heavy (non-hydrogen) atoms. The minimum Gasteiger partial charge on any atom is -0.479 e. The summed E-state index contributed by atoms with van der Waals surface area (Å²) in [5.41, 5.74) is 0.289. The summed E-state index contributed by atoms with van der Waals surface area (Å²) >= 11 is 0. The molecular formula is C20H25FN6O3. The van der Waals surface area contributed by atoms with Crippen molar-refractivity contribution in [1.29, 1.82) is 0 Å². The summed E-state index contributed by atoms with van der Waals surface area (Å²) in [5.74, 6) is -0.608. The van der Waals surface area contributed by atoms with Crippen LogP contribution in [0.25, 0.3) is 11.3 Å². The topological polar surface area (TPSA) is 118 Å². The van der Waals surface area contributed by atoms with E-state index in [0.29, 0.717) is 11.4 Å². The van der Waals surface area contributed by atoms with E-state index in [1.165, 1.54) is 25.6 Å². The molecule has 0 saturated heterocycles. The lowest BCUT2D eigenvalue weighted by Crippen LogP contribution is -2.50. The van der Waals surface area contributed by atoms with Gasteiger partial charge in [0.25, 0.3) is 5.88 Å². The van der Waals surface area contributed by atoms with Gasteiger partial charge in [-0.15, -0.1) is 5.10 Å². The average molecular weight is 416 g/mol. The molecule has 0 aliphatic carbocycles. The van der Waals surface area contributed by atoms with Crippen LogP contribution < -0.4 is 10.1 Å². The van der Waals surface area contributed by atoms with Crippen LogP contribution in [0.2, 0.25) is 0 Å². The van der Waals surface area contributed by atoms with Crippen LogP contribution in [0.4, 0.5) is 16.0 Å². The number of ether oxygens (including phenoxy) is 1. The molecule has 0 aliphatic heterocycles. The highest BCUT2D eigenvalue weighted by Gasteiger charge is 2.38. The van der Waals surface area contributed by atoms with E-state index >= 15 is 0 Å². The van der Waals surface area contributed by atoms with Gasteiger partial charge in [0.15, 0.2) is 0 Å². The number of benzene rings is 1. The number of aryl methyl sites for hydroxylation is 1. The quantitative estimate of drug-likeness (QED) is 0.538. The number of nitrogens with one attached hydrogen (secondary N) is 1. The molecule has 2 aromatic heterocycles. The van der Waals surface area contributed by atoms with Crippen LogP contribution in [-0.2, 0) is 6.54 Å². The van der Waals surface area contributed by atoms with E-state index in [1.54, 1.807) is 13.1 Å². The third kappa shape index (κ3) is 4.71. The highest BCUT2D eigenvalue weighted by atomic mass is 19.1. The van der Waals surface area contributed by atoms with Gasteiger partial charge in [-0.2, -0.15) is 9.37 Å². The zero-order chi connectivity index (χ0) is 22.1. The number of anilines is 2. The van der Waals surface area contributed by atoms with Gasteiger partial charge in [0, 0.05) is 11.3 Å². The van der Waals surface area contributed by atoms with Crippen LogP contribution in [-0.4, -0.2) is 53.5 Å². The molecule has 2 heterocycles. The Morgan fingerprint density at radius 3 is 2.60 bits per heavy atom. The van der Waals surface area contributed by atoms with E-state index in [2.05, 4.69) is 25.6 Å². The molecule has 160 valence electrons. The van der Waals surface area contributed by atoms with Crippen LogP contribution in [0.5, 0.6) is 5.88 Å². The Morgan fingerprint density at radius 1 is 1.20 bits per heavy atom. The number of hydrogen-bond acceptors (Lipinski definition) is 8. The van der Waals surface area contributed by atoms with Gasteiger partial charge in [0.2, 0.25) is 11.8 Å². The second kappa shape index (κ2) is 7.96. The fraction of sp³-hybridized carbons (Fsp3) is 0.400. The summed E-state index contributed by atoms with van der Waals surface area (Å²) in [6, 6.07) is 5.64. The molecule has 1 atom stereocenters. The first-order valence-corrected chi connectivity index (χ1v) is 9.29. The molecule has 9 nitrogen and oxygen atoms in total. The van der Waals surface area contributed by atoms with Crippen molar-refractivity contribution in [2.45, 2.75) is 45.4 Å². The van der Waals surface area contributed by atoms with Gasteiger partial charge in [-0.3, -0.25) is 0 Å². The number of halogens is 1. The second-order valence-corrected chi connectivity index (χ2v) is 7.90. The van der Waals surface area contributed by atoms with Crippen LogP contribution in [0, 0.1) is 12.7 Å². The monoisotopic (exact) mass is 416 g/mol. The maximum atomic E-state index is 13.5. The van der Waals surface area contributed by atoms with Crippen molar-refractivity contribution in [3.63, 3.8) is 0 Å². The first-order chi connectivity index (χ1) is 14.0. The van der Waals surface area contributed by atoms with Crippen LogP contribution in [0.1, 0.15) is 26.3 Å². The first kappa shape index (κ1) is 21.6. The Labute approximate surface area is 173 Å². The largest absolute Gasteiger partial charge is 0.479 e. The summed E-state index contributed by atoms with van der Waals surface area (Å²) in [6.07, 6.45) is 2.72. The maximum Gasteiger partial charge on any atom is 0.255 e. The normalized spacial score (nSPS) is 13.7. The molecule has 0 aliphatic rings. The standard InChI is InChI=1S/C20H25FN6O3/c1-12-6-13(16-10-27(26-25-16)11-20(4,29)19(2,3)28)8-14(7-12)23-18-22-9-15(21)17(24-18)30-5/h6-10,28-29H,11H2,1-5H3,(H,22,23,24)/t20-/m1/s1. The Kier molecular flexibility index (Phi) is 5.73. The number of rotatable bonds is 7. The lowest BCUT2D eigenvalue weighted by atomic mass is 9.88. The molecule has 3 aromatic rings. The fourth-order valence-electron chi connectivity index (χ4n) is 2.70. The van der Waals surface area contributed by atoms with Gasteiger partial charge in [0.05, 0.1) is 31.6 Å². The van der Waals surface area contributed by atoms with Crippen molar-refractivity contribution < 1.29 is 19.3 Å². The second-order valence-electron chi connectivity index (χ2n) is 7.90. The number of aliphatic hydroxyl groups is 2. The summed E-state index contributed by atoms with van der Waals surface area (Å²) < 4.78 is 19.9. The Bertz CT molecular complexity index is 1050. The molecule has 3 rings (SSSR count). The smallest absolute Gasteiger partial charge is 0.255 e. The van der Waals surface area contributed by atoms with E-state index in [0.717, 1.165) is 17.3 Å². The third-order valence-electron chi connectivity index (χ3n) is 4.86. The Morgan fingerprint density at radius 2 is 1.93 bits per heavy atom. The summed E-state index contributed by atoms with van der Waals surface area (Å²) in [7, 11) is 1.33. The Hall–Kier alpha value is -3.11. The molecule has 3 N–H and O–H groups in total. The number of aromatic nitrogens is 5. The molecule has 0 fully saturated rings. The minimum atomic E-state index is -1.39. The van der Waals surface area contributed by atoms with Crippen molar-refractivity contribution in [2.75, 3.05) is 12.4 Å². The SMILES string of the molecule is COc1nc(Nc2cc(C)cc(-c3cn(C[C@@](C)(O)C(C)(C)O)nn3)c2)ncc1F. The van der Waals surface area contributed by atoms with Crippen molar-refractivity contribution in [1.82, 2.24) is 25.0 Å². The van der Waals surface area contributed by atoms with Gasteiger partial charge in [0.1, 0.15) is 11.3 Å². The van der Waals surface area contributed by atoms with E-state index in [-0.39, 0.29) is 18.4 Å². The van der Waals surface area contributed by atoms with Gasteiger partial charge in [-0.1, -0.05) is 5.21 Å². The number of nitrogens with zero attached hydrogens (tertiary/aromatic N) is 5. The molecule has 0 unspecified atom stereocenters. The third-order valence-corrected chi connectivity index (χ3v) is 4.86. The molecule has 0 spiro atoms. The summed E-state index contributed by atoms with van der Waals surface area (Å²) in [4.78, 5) is 7.90. The average Bonchev–Trinajstić information content (AvgIpc) is 3.10. The molecule has 0 amide bonds. The molecule has 0 radical (unpaired) electrons. The molecule has 10 heteroatoms. The zero-order valence-electron chi connectivity index (χ0n) is 17.5. The molecular weight excluding hydrogens is 391 g/mol. The number of hydrogen-bond donors (Lipinski definition) is 3. The Balaban J connectivity index is 1.85. The van der Waals surface area contributed by atoms with E-state index in [9.17, 15) is 14.6 Å². The van der Waals surface area contributed by atoms with E-state index in [1.807, 2.05) is 25.1 Å². The van der Waals surface area contributed by atoms with E-state index in [4.69, 9.17) is 4.74 Å². The van der Waals surface area contributed by atoms with Crippen LogP contribution in [0.15, 0.2) is 30.6 Å². The minimum absolute atomic E-state index is 0.0731. The predicted octanol–water partition coefficient (Wildman–Crippen LogP) is 2.46. The van der Waals surface area contributed by atoms with Crippen LogP contribution >= 0.6 is 0 Å². The van der Waals surface area contributed by atoms with Crippen molar-refractivity contribution in [3.8, 4) is 17.1 Å². The van der Waals surface area contributed by atoms with Gasteiger partial charge in [-0.25, -0.2) is 9.67 Å². The van der Waals surface area contributed by atoms with Crippen molar-refractivity contribution in [3.05, 3.63) is 42.0 Å². The highest BCUT2D eigenvalue weighted by Crippen LogP contribution is 2.27. The van der Waals surface area contributed by atoms with Crippen LogP contribution in [0.3, 0.4) is 0 Å². The first-order valence-electron chi connectivity index (χ1n) is 9.29. The predicted molar refractivity (Wildman–Crippen MR) is 109 cm³/mol. The lowest BCUT2D eigenvalue weighted by Gasteiger charge is -2.35. The molecule has 1 aromatic carbocycles. The fourth-order valence-corrected chi connectivity index (χ4v) is 2.70. The van der Waals surface area contributed by atoms with E-state index < -0.39 is 17.0 Å². The van der Waals surface area contributed by atoms with Gasteiger partial charge >= 0.3 is 0 Å². The van der Waals surface area contributed by atoms with Gasteiger partial charge < -0.3 is 20.3 Å². The molecule has 0 saturated carbocycles. The van der Waals surface area contributed by atoms with Crippen molar-refractivity contribution in [2.24, 2.45) is 0 Å².